The molecule has 0 aromatic carbocycles. The molecule has 20 heavy (non-hydrogen) atoms. The first-order valence-electron chi connectivity index (χ1n) is 6.50. The maximum Gasteiger partial charge on any atom is 0.290 e. The van der Waals surface area contributed by atoms with Crippen LogP contribution in [0.1, 0.15) is 12.6 Å². The Morgan fingerprint density at radius 3 is 2.65 bits per heavy atom. The molecule has 2 rings (SSSR count). The van der Waals surface area contributed by atoms with Crippen LogP contribution in [-0.2, 0) is 13.6 Å². The predicted octanol–water partition coefficient (Wildman–Crippen LogP) is 0.974. The number of rotatable bonds is 5. The Balaban J connectivity index is 2.05. The van der Waals surface area contributed by atoms with E-state index in [-0.39, 0.29) is 5.56 Å². The lowest BCUT2D eigenvalue weighted by molar-refractivity contribution is 0.510. The summed E-state index contributed by atoms with van der Waals surface area (Å²) >= 11 is 0. The number of pyridine rings is 1. The third-order valence-electron chi connectivity index (χ3n) is 3.30. The lowest BCUT2D eigenvalue weighted by atomic mass is 10.4. The van der Waals surface area contributed by atoms with E-state index < -0.39 is 0 Å². The van der Waals surface area contributed by atoms with Crippen LogP contribution in [0.25, 0.3) is 0 Å². The quantitative estimate of drug-likeness (QED) is 0.708. The van der Waals surface area contributed by atoms with Crippen LogP contribution in [0.2, 0.25) is 0 Å². The summed E-state index contributed by atoms with van der Waals surface area (Å²) in [5, 5.41) is 6.25. The van der Waals surface area contributed by atoms with Gasteiger partial charge in [-0.15, -0.1) is 0 Å². The summed E-state index contributed by atoms with van der Waals surface area (Å²) in [5.74, 6) is 0.480. The first-order chi connectivity index (χ1) is 9.54. The van der Waals surface area contributed by atoms with Crippen molar-refractivity contribution in [2.75, 3.05) is 23.0 Å². The number of nitrogens with zero attached hydrogens (tertiary/aromatic N) is 3. The van der Waals surface area contributed by atoms with Crippen molar-refractivity contribution in [2.45, 2.75) is 20.4 Å². The molecule has 7 nitrogen and oxygen atoms in total. The highest BCUT2D eigenvalue weighted by Gasteiger charge is 2.12. The Kier molecular flexibility index (Phi) is 3.97. The third-order valence-corrected chi connectivity index (χ3v) is 3.30. The molecule has 0 saturated carbocycles. The normalized spacial score (nSPS) is 10.6. The molecule has 0 amide bonds. The molecule has 4 N–H and O–H groups in total. The highest BCUT2D eigenvalue weighted by Crippen LogP contribution is 2.10. The van der Waals surface area contributed by atoms with Crippen molar-refractivity contribution in [3.63, 3.8) is 0 Å². The van der Waals surface area contributed by atoms with Gasteiger partial charge in [-0.25, -0.2) is 9.67 Å². The summed E-state index contributed by atoms with van der Waals surface area (Å²) in [4.78, 5) is 16.1. The van der Waals surface area contributed by atoms with E-state index >= 15 is 0 Å². The zero-order valence-corrected chi connectivity index (χ0v) is 12.0. The number of aromatic nitrogens is 3. The predicted molar refractivity (Wildman–Crippen MR) is 80.8 cm³/mol. The smallest absolute Gasteiger partial charge is 0.290 e. The standard InChI is InChI=1S/C13H20N6O/c1-4-19-13(20)12(9(2)18(19)3)17-8-16-10-5-6-11(14)15-7-10/h5-7,16-17H,4,8H2,1-3H3,(H2,14,15). The molecule has 2 aromatic rings. The van der Waals surface area contributed by atoms with Crippen molar-refractivity contribution in [3.05, 3.63) is 34.4 Å². The Morgan fingerprint density at radius 1 is 1.35 bits per heavy atom. The van der Waals surface area contributed by atoms with Gasteiger partial charge in [-0.05, 0) is 26.0 Å². The number of nitrogens with two attached hydrogens (primary N) is 1. The van der Waals surface area contributed by atoms with Crippen LogP contribution in [0, 0.1) is 6.92 Å². The molecule has 0 saturated heterocycles. The van der Waals surface area contributed by atoms with Crippen LogP contribution in [0.3, 0.4) is 0 Å². The minimum absolute atomic E-state index is 0.00951. The fourth-order valence-electron chi connectivity index (χ4n) is 2.07. The second-order valence-corrected chi connectivity index (χ2v) is 4.51. The first kappa shape index (κ1) is 14.0. The first-order valence-corrected chi connectivity index (χ1v) is 6.50. The molecule has 108 valence electrons. The van der Waals surface area contributed by atoms with Crippen LogP contribution in [0.4, 0.5) is 17.2 Å². The van der Waals surface area contributed by atoms with Gasteiger partial charge in [0.25, 0.3) is 5.56 Å². The summed E-state index contributed by atoms with van der Waals surface area (Å²) in [5.41, 5.74) is 7.88. The van der Waals surface area contributed by atoms with Crippen molar-refractivity contribution in [1.82, 2.24) is 14.3 Å². The summed E-state index contributed by atoms with van der Waals surface area (Å²) < 4.78 is 3.54. The molecule has 0 bridgehead atoms. The van der Waals surface area contributed by atoms with E-state index in [2.05, 4.69) is 15.6 Å². The average molecular weight is 276 g/mol. The van der Waals surface area contributed by atoms with Gasteiger partial charge in [0.15, 0.2) is 0 Å². The van der Waals surface area contributed by atoms with Gasteiger partial charge in [0, 0.05) is 13.6 Å². The van der Waals surface area contributed by atoms with Crippen LogP contribution < -0.4 is 21.9 Å². The van der Waals surface area contributed by atoms with Crippen molar-refractivity contribution in [2.24, 2.45) is 7.05 Å². The molecule has 0 atom stereocenters. The van der Waals surface area contributed by atoms with Crippen molar-refractivity contribution < 1.29 is 0 Å². The maximum absolute atomic E-state index is 12.2. The van der Waals surface area contributed by atoms with E-state index in [1.807, 2.05) is 31.6 Å². The van der Waals surface area contributed by atoms with E-state index in [0.717, 1.165) is 11.4 Å². The molecule has 0 spiro atoms. The van der Waals surface area contributed by atoms with Crippen molar-refractivity contribution in [3.8, 4) is 0 Å². The zero-order chi connectivity index (χ0) is 14.7. The zero-order valence-electron chi connectivity index (χ0n) is 12.0. The molecule has 2 aromatic heterocycles. The second kappa shape index (κ2) is 5.68. The van der Waals surface area contributed by atoms with Gasteiger partial charge in [0.2, 0.25) is 0 Å². The highest BCUT2D eigenvalue weighted by molar-refractivity contribution is 5.50. The number of anilines is 3. The van der Waals surface area contributed by atoms with Crippen LogP contribution in [0.15, 0.2) is 23.1 Å². The minimum Gasteiger partial charge on any atom is -0.384 e. The molecule has 0 aliphatic rings. The fourth-order valence-corrected chi connectivity index (χ4v) is 2.07. The van der Waals surface area contributed by atoms with E-state index in [1.54, 1.807) is 16.9 Å². The number of hydrogen-bond acceptors (Lipinski definition) is 5. The van der Waals surface area contributed by atoms with Gasteiger partial charge in [-0.3, -0.25) is 9.48 Å². The number of hydrogen-bond donors (Lipinski definition) is 3. The topological polar surface area (TPSA) is 89.9 Å². The van der Waals surface area contributed by atoms with E-state index in [9.17, 15) is 4.79 Å². The average Bonchev–Trinajstić information content (AvgIpc) is 2.64. The Labute approximate surface area is 117 Å². The van der Waals surface area contributed by atoms with Crippen molar-refractivity contribution in [1.29, 1.82) is 0 Å². The van der Waals surface area contributed by atoms with Gasteiger partial charge in [-0.2, -0.15) is 0 Å². The van der Waals surface area contributed by atoms with Gasteiger partial charge < -0.3 is 16.4 Å². The molecule has 0 fully saturated rings. The van der Waals surface area contributed by atoms with Crippen LogP contribution in [-0.4, -0.2) is 21.0 Å². The summed E-state index contributed by atoms with van der Waals surface area (Å²) in [6.07, 6.45) is 1.65. The van der Waals surface area contributed by atoms with Gasteiger partial charge in [0.05, 0.1) is 24.2 Å². The summed E-state index contributed by atoms with van der Waals surface area (Å²) in [6, 6.07) is 3.56. The van der Waals surface area contributed by atoms with Gasteiger partial charge in [-0.1, -0.05) is 0 Å². The number of nitrogens with one attached hydrogen (secondary N) is 2. The third kappa shape index (κ3) is 2.61. The maximum atomic E-state index is 12.2. The molecule has 0 radical (unpaired) electrons. The lowest BCUT2D eigenvalue weighted by Gasteiger charge is -2.08. The monoisotopic (exact) mass is 276 g/mol. The summed E-state index contributed by atoms with van der Waals surface area (Å²) in [6.45, 7) is 4.95. The second-order valence-electron chi connectivity index (χ2n) is 4.51. The lowest BCUT2D eigenvalue weighted by Crippen LogP contribution is -2.23. The van der Waals surface area contributed by atoms with Crippen LogP contribution >= 0.6 is 0 Å². The molecular formula is C13H20N6O. The van der Waals surface area contributed by atoms with Gasteiger partial charge >= 0.3 is 0 Å². The number of nitrogen functional groups attached to an aromatic ring is 1. The van der Waals surface area contributed by atoms with Crippen LogP contribution in [0.5, 0.6) is 0 Å². The molecule has 0 unspecified atom stereocenters. The highest BCUT2D eigenvalue weighted by atomic mass is 16.1. The Bertz CT molecular complexity index is 640. The van der Waals surface area contributed by atoms with E-state index in [0.29, 0.717) is 24.7 Å². The fraction of sp³-hybridized carbons (Fsp3) is 0.385. The van der Waals surface area contributed by atoms with E-state index in [4.69, 9.17) is 5.73 Å². The minimum atomic E-state index is -0.00951. The summed E-state index contributed by atoms with van der Waals surface area (Å²) in [7, 11) is 1.88. The van der Waals surface area contributed by atoms with E-state index in [1.165, 1.54) is 0 Å². The van der Waals surface area contributed by atoms with Crippen molar-refractivity contribution >= 4 is 17.2 Å². The Hall–Kier alpha value is -2.44. The molecule has 2 heterocycles. The molecular weight excluding hydrogens is 256 g/mol. The van der Waals surface area contributed by atoms with Gasteiger partial charge in [0.1, 0.15) is 11.5 Å². The molecule has 0 aliphatic carbocycles. The Morgan fingerprint density at radius 2 is 2.10 bits per heavy atom. The molecule has 7 heteroatoms. The SMILES string of the molecule is CCn1c(=O)c(NCNc2ccc(N)nc2)c(C)n1C. The molecule has 0 aliphatic heterocycles. The largest absolute Gasteiger partial charge is 0.384 e.